The van der Waals surface area contributed by atoms with Crippen LogP contribution < -0.4 is 0 Å². The molecule has 134 valence electrons. The highest BCUT2D eigenvalue weighted by atomic mass is 32.1. The number of carboxylic acids is 1. The standard InChI is InChI=1S/C17H16N4O4S/c22-16(14-9-18-15(26-14)13-2-1-7-25-13)20-5-3-12(4-6-20)21-10-11(8-19-21)17(23)24/h1-2,7-10,12H,3-6H2,(H,23,24). The van der Waals surface area contributed by atoms with Crippen molar-refractivity contribution in [3.8, 4) is 10.8 Å². The quantitative estimate of drug-likeness (QED) is 0.756. The lowest BCUT2D eigenvalue weighted by atomic mass is 10.1. The van der Waals surface area contributed by atoms with Gasteiger partial charge in [-0.25, -0.2) is 9.78 Å². The van der Waals surface area contributed by atoms with Crippen molar-refractivity contribution in [2.24, 2.45) is 0 Å². The number of hydrogen-bond acceptors (Lipinski definition) is 6. The van der Waals surface area contributed by atoms with E-state index in [4.69, 9.17) is 9.52 Å². The number of piperidine rings is 1. The van der Waals surface area contributed by atoms with E-state index in [9.17, 15) is 9.59 Å². The molecule has 1 N–H and O–H groups in total. The number of furan rings is 1. The van der Waals surface area contributed by atoms with Crippen molar-refractivity contribution in [1.82, 2.24) is 19.7 Å². The molecule has 0 radical (unpaired) electrons. The molecule has 4 rings (SSSR count). The normalized spacial score (nSPS) is 15.3. The molecule has 8 nitrogen and oxygen atoms in total. The Bertz CT molecular complexity index is 922. The second-order valence-electron chi connectivity index (χ2n) is 6.04. The molecule has 3 aromatic rings. The molecule has 0 atom stereocenters. The molecule has 9 heteroatoms. The number of thiazole rings is 1. The topological polar surface area (TPSA) is 101 Å². The Kier molecular flexibility index (Phi) is 4.29. The van der Waals surface area contributed by atoms with E-state index in [1.54, 1.807) is 34.3 Å². The zero-order valence-corrected chi connectivity index (χ0v) is 14.6. The Balaban J connectivity index is 1.39. The Morgan fingerprint density at radius 2 is 2.08 bits per heavy atom. The van der Waals surface area contributed by atoms with Crippen LogP contribution in [-0.4, -0.2) is 49.7 Å². The summed E-state index contributed by atoms with van der Waals surface area (Å²) in [4.78, 5) is 30.3. The summed E-state index contributed by atoms with van der Waals surface area (Å²) in [5.74, 6) is -0.368. The maximum absolute atomic E-state index is 12.7. The van der Waals surface area contributed by atoms with E-state index in [1.807, 2.05) is 6.07 Å². The van der Waals surface area contributed by atoms with Gasteiger partial charge in [-0.05, 0) is 25.0 Å². The summed E-state index contributed by atoms with van der Waals surface area (Å²) in [5, 5.41) is 13.8. The second-order valence-corrected chi connectivity index (χ2v) is 7.08. The zero-order chi connectivity index (χ0) is 18.1. The molecule has 0 saturated carbocycles. The Morgan fingerprint density at radius 1 is 1.27 bits per heavy atom. The van der Waals surface area contributed by atoms with Crippen LogP contribution in [-0.2, 0) is 0 Å². The van der Waals surface area contributed by atoms with Gasteiger partial charge in [0.15, 0.2) is 10.8 Å². The summed E-state index contributed by atoms with van der Waals surface area (Å²) in [5.41, 5.74) is 0.179. The van der Waals surface area contributed by atoms with Gasteiger partial charge in [0, 0.05) is 19.3 Å². The number of aromatic carboxylic acids is 1. The van der Waals surface area contributed by atoms with Crippen LogP contribution in [0.15, 0.2) is 41.4 Å². The molecule has 1 amide bonds. The number of rotatable bonds is 4. The van der Waals surface area contributed by atoms with Crippen molar-refractivity contribution in [2.75, 3.05) is 13.1 Å². The molecule has 1 aliphatic rings. The van der Waals surface area contributed by atoms with Gasteiger partial charge in [0.2, 0.25) is 0 Å². The van der Waals surface area contributed by atoms with Gasteiger partial charge in [-0.3, -0.25) is 9.48 Å². The Labute approximate surface area is 152 Å². The van der Waals surface area contributed by atoms with E-state index >= 15 is 0 Å². The number of likely N-dealkylation sites (tertiary alicyclic amines) is 1. The van der Waals surface area contributed by atoms with Crippen molar-refractivity contribution >= 4 is 23.2 Å². The molecule has 4 heterocycles. The fourth-order valence-corrected chi connectivity index (χ4v) is 3.88. The lowest BCUT2D eigenvalue weighted by molar-refractivity contribution is 0.0691. The molecule has 1 aliphatic heterocycles. The third kappa shape index (κ3) is 3.13. The lowest BCUT2D eigenvalue weighted by Crippen LogP contribution is -2.38. The highest BCUT2D eigenvalue weighted by Gasteiger charge is 2.26. The smallest absolute Gasteiger partial charge is 0.338 e. The van der Waals surface area contributed by atoms with Crippen LogP contribution in [0.5, 0.6) is 0 Å². The first kappa shape index (κ1) is 16.5. The number of aromatic nitrogens is 3. The van der Waals surface area contributed by atoms with E-state index in [1.165, 1.54) is 17.5 Å². The maximum Gasteiger partial charge on any atom is 0.338 e. The molecular weight excluding hydrogens is 356 g/mol. The molecule has 0 spiro atoms. The number of carbonyl (C=O) groups is 2. The van der Waals surface area contributed by atoms with Crippen LogP contribution >= 0.6 is 11.3 Å². The average Bonchev–Trinajstić information content (AvgIpc) is 3.42. The predicted octanol–water partition coefficient (Wildman–Crippen LogP) is 2.78. The summed E-state index contributed by atoms with van der Waals surface area (Å²) in [6, 6.07) is 3.70. The van der Waals surface area contributed by atoms with Crippen LogP contribution in [0.1, 0.15) is 38.9 Å². The number of amides is 1. The molecule has 0 aliphatic carbocycles. The van der Waals surface area contributed by atoms with Crippen molar-refractivity contribution in [3.63, 3.8) is 0 Å². The lowest BCUT2D eigenvalue weighted by Gasteiger charge is -2.31. The third-order valence-corrected chi connectivity index (χ3v) is 5.42. The van der Waals surface area contributed by atoms with Crippen LogP contribution in [0.3, 0.4) is 0 Å². The van der Waals surface area contributed by atoms with Gasteiger partial charge in [-0.2, -0.15) is 5.10 Å². The van der Waals surface area contributed by atoms with Crippen LogP contribution in [0.4, 0.5) is 0 Å². The molecule has 0 unspecified atom stereocenters. The molecule has 1 fully saturated rings. The van der Waals surface area contributed by atoms with Crippen molar-refractivity contribution in [1.29, 1.82) is 0 Å². The van der Waals surface area contributed by atoms with Gasteiger partial charge < -0.3 is 14.4 Å². The van der Waals surface area contributed by atoms with Gasteiger partial charge in [0.05, 0.1) is 30.3 Å². The summed E-state index contributed by atoms with van der Waals surface area (Å²) in [6.07, 6.45) is 7.53. The minimum atomic E-state index is -0.985. The van der Waals surface area contributed by atoms with Crippen molar-refractivity contribution in [3.05, 3.63) is 47.4 Å². The maximum atomic E-state index is 12.7. The fraction of sp³-hybridized carbons (Fsp3) is 0.294. The minimum Gasteiger partial charge on any atom is -0.478 e. The zero-order valence-electron chi connectivity index (χ0n) is 13.7. The summed E-state index contributed by atoms with van der Waals surface area (Å²) in [6.45, 7) is 1.19. The van der Waals surface area contributed by atoms with E-state index in [0.717, 1.165) is 12.8 Å². The van der Waals surface area contributed by atoms with E-state index in [-0.39, 0.29) is 17.5 Å². The minimum absolute atomic E-state index is 0.0366. The molecule has 0 bridgehead atoms. The largest absolute Gasteiger partial charge is 0.478 e. The number of carbonyl (C=O) groups excluding carboxylic acids is 1. The van der Waals surface area contributed by atoms with Gasteiger partial charge in [-0.1, -0.05) is 0 Å². The van der Waals surface area contributed by atoms with Crippen LogP contribution in [0.2, 0.25) is 0 Å². The average molecular weight is 372 g/mol. The number of nitrogens with zero attached hydrogens (tertiary/aromatic N) is 4. The molecule has 0 aromatic carbocycles. The Hall–Kier alpha value is -2.94. The molecule has 1 saturated heterocycles. The molecule has 3 aromatic heterocycles. The number of hydrogen-bond donors (Lipinski definition) is 1. The summed E-state index contributed by atoms with van der Waals surface area (Å²) < 4.78 is 7.00. The predicted molar refractivity (Wildman–Crippen MR) is 93.2 cm³/mol. The third-order valence-electron chi connectivity index (χ3n) is 4.42. The fourth-order valence-electron chi connectivity index (χ4n) is 3.02. The van der Waals surface area contributed by atoms with Crippen LogP contribution in [0.25, 0.3) is 10.8 Å². The number of carboxylic acid groups (broad SMARTS) is 1. The van der Waals surface area contributed by atoms with E-state index in [2.05, 4.69) is 10.1 Å². The van der Waals surface area contributed by atoms with Gasteiger partial charge >= 0.3 is 5.97 Å². The van der Waals surface area contributed by atoms with Gasteiger partial charge in [0.1, 0.15) is 4.88 Å². The SMILES string of the molecule is O=C(O)c1cnn(C2CCN(C(=O)c3cnc(-c4ccco4)s3)CC2)c1. The first-order valence-corrected chi connectivity index (χ1v) is 9.00. The van der Waals surface area contributed by atoms with E-state index in [0.29, 0.717) is 28.7 Å². The van der Waals surface area contributed by atoms with Gasteiger partial charge in [0.25, 0.3) is 5.91 Å². The Morgan fingerprint density at radius 3 is 2.73 bits per heavy atom. The van der Waals surface area contributed by atoms with Crippen molar-refractivity contribution in [2.45, 2.75) is 18.9 Å². The molecular formula is C17H16N4O4S. The highest BCUT2D eigenvalue weighted by molar-refractivity contribution is 7.16. The van der Waals surface area contributed by atoms with E-state index < -0.39 is 5.97 Å². The van der Waals surface area contributed by atoms with Crippen molar-refractivity contribution < 1.29 is 19.1 Å². The van der Waals surface area contributed by atoms with Gasteiger partial charge in [-0.15, -0.1) is 11.3 Å². The first-order chi connectivity index (χ1) is 12.6. The second kappa shape index (κ2) is 6.75. The first-order valence-electron chi connectivity index (χ1n) is 8.18. The molecule has 26 heavy (non-hydrogen) atoms. The summed E-state index contributed by atoms with van der Waals surface area (Å²) >= 11 is 1.32. The van der Waals surface area contributed by atoms with Crippen LogP contribution in [0, 0.1) is 0 Å². The monoisotopic (exact) mass is 372 g/mol. The summed E-state index contributed by atoms with van der Waals surface area (Å²) in [7, 11) is 0. The highest BCUT2D eigenvalue weighted by Crippen LogP contribution is 2.28.